The van der Waals surface area contributed by atoms with E-state index >= 15 is 0 Å². The lowest BCUT2D eigenvalue weighted by Crippen LogP contribution is -2.33. The molecule has 1 N–H and O–H groups in total. The summed E-state index contributed by atoms with van der Waals surface area (Å²) < 4.78 is 0. The molecule has 1 saturated heterocycles. The maximum absolute atomic E-state index is 4.91. The lowest BCUT2D eigenvalue weighted by atomic mass is 10.0. The second-order valence-electron chi connectivity index (χ2n) is 5.99. The molecule has 0 saturated carbocycles. The number of rotatable bonds is 7. The molecule has 20 heavy (non-hydrogen) atoms. The molecule has 1 fully saturated rings. The van der Waals surface area contributed by atoms with Crippen LogP contribution in [0.2, 0.25) is 0 Å². The molecule has 1 unspecified atom stereocenters. The Kier molecular flexibility index (Phi) is 6.46. The van der Waals surface area contributed by atoms with Gasteiger partial charge in [0.1, 0.15) is 5.01 Å². The minimum Gasteiger partial charge on any atom is -0.312 e. The standard InChI is InChI=1S/C16H29N3S/c1-4-7-14-15(10-17-5-2)20-16(18-14)12-19-9-6-8-13(3)11-19/h13,17H,4-12H2,1-3H3. The fraction of sp³-hybridized carbons (Fsp3) is 0.812. The summed E-state index contributed by atoms with van der Waals surface area (Å²) in [6.45, 7) is 12.3. The first-order valence-corrected chi connectivity index (χ1v) is 8.95. The van der Waals surface area contributed by atoms with Crippen LogP contribution in [0.25, 0.3) is 0 Å². The van der Waals surface area contributed by atoms with Gasteiger partial charge in [-0.05, 0) is 38.3 Å². The fourth-order valence-electron chi connectivity index (χ4n) is 2.93. The minimum atomic E-state index is 0.847. The van der Waals surface area contributed by atoms with Crippen LogP contribution in [0.3, 0.4) is 0 Å². The van der Waals surface area contributed by atoms with Gasteiger partial charge in [0.2, 0.25) is 0 Å². The van der Waals surface area contributed by atoms with Crippen molar-refractivity contribution >= 4 is 11.3 Å². The predicted molar refractivity (Wildman–Crippen MR) is 87.2 cm³/mol. The number of nitrogens with zero attached hydrogens (tertiary/aromatic N) is 2. The number of piperidine rings is 1. The zero-order valence-corrected chi connectivity index (χ0v) is 14.1. The van der Waals surface area contributed by atoms with Crippen molar-refractivity contribution in [3.8, 4) is 0 Å². The van der Waals surface area contributed by atoms with Gasteiger partial charge in [-0.1, -0.05) is 27.2 Å². The highest BCUT2D eigenvalue weighted by molar-refractivity contribution is 7.11. The summed E-state index contributed by atoms with van der Waals surface area (Å²) in [5.74, 6) is 0.847. The molecule has 0 bridgehead atoms. The monoisotopic (exact) mass is 295 g/mol. The third kappa shape index (κ3) is 4.54. The Labute approximate surface area is 127 Å². The zero-order valence-electron chi connectivity index (χ0n) is 13.2. The van der Waals surface area contributed by atoms with Gasteiger partial charge in [-0.25, -0.2) is 4.98 Å². The third-order valence-electron chi connectivity index (χ3n) is 3.94. The third-order valence-corrected chi connectivity index (χ3v) is 5.03. The van der Waals surface area contributed by atoms with Crippen molar-refractivity contribution in [1.82, 2.24) is 15.2 Å². The first kappa shape index (κ1) is 15.9. The minimum absolute atomic E-state index is 0.847. The first-order chi connectivity index (χ1) is 9.72. The van der Waals surface area contributed by atoms with Gasteiger partial charge in [-0.15, -0.1) is 11.3 Å². The number of aryl methyl sites for hydroxylation is 1. The Morgan fingerprint density at radius 2 is 2.25 bits per heavy atom. The topological polar surface area (TPSA) is 28.2 Å². The van der Waals surface area contributed by atoms with E-state index in [-0.39, 0.29) is 0 Å². The zero-order chi connectivity index (χ0) is 14.4. The van der Waals surface area contributed by atoms with Crippen molar-refractivity contribution in [3.05, 3.63) is 15.6 Å². The summed E-state index contributed by atoms with van der Waals surface area (Å²) in [5.41, 5.74) is 1.33. The fourth-order valence-corrected chi connectivity index (χ4v) is 4.06. The predicted octanol–water partition coefficient (Wildman–Crippen LogP) is 3.44. The lowest BCUT2D eigenvalue weighted by Gasteiger charge is -2.29. The van der Waals surface area contributed by atoms with Crippen LogP contribution in [0.5, 0.6) is 0 Å². The van der Waals surface area contributed by atoms with Crippen LogP contribution < -0.4 is 5.32 Å². The number of thiazole rings is 1. The molecule has 2 rings (SSSR count). The molecule has 1 atom stereocenters. The van der Waals surface area contributed by atoms with Crippen LogP contribution in [0, 0.1) is 5.92 Å². The molecule has 4 heteroatoms. The summed E-state index contributed by atoms with van der Waals surface area (Å²) in [7, 11) is 0. The van der Waals surface area contributed by atoms with Crippen LogP contribution in [0.15, 0.2) is 0 Å². The number of nitrogens with one attached hydrogen (secondary N) is 1. The molecule has 0 aliphatic carbocycles. The number of hydrogen-bond donors (Lipinski definition) is 1. The van der Waals surface area contributed by atoms with E-state index in [2.05, 4.69) is 31.0 Å². The van der Waals surface area contributed by atoms with Gasteiger partial charge in [0.15, 0.2) is 0 Å². The summed E-state index contributed by atoms with van der Waals surface area (Å²) in [4.78, 5) is 8.94. The van der Waals surface area contributed by atoms with Gasteiger partial charge < -0.3 is 5.32 Å². The van der Waals surface area contributed by atoms with E-state index in [1.165, 1.54) is 47.9 Å². The Morgan fingerprint density at radius 1 is 1.40 bits per heavy atom. The van der Waals surface area contributed by atoms with E-state index in [4.69, 9.17) is 4.98 Å². The van der Waals surface area contributed by atoms with Crippen molar-refractivity contribution in [1.29, 1.82) is 0 Å². The molecule has 0 radical (unpaired) electrons. The average molecular weight is 295 g/mol. The van der Waals surface area contributed by atoms with E-state index in [9.17, 15) is 0 Å². The molecule has 1 aliphatic rings. The average Bonchev–Trinajstić information content (AvgIpc) is 2.79. The highest BCUT2D eigenvalue weighted by Gasteiger charge is 2.18. The number of likely N-dealkylation sites (tertiary alicyclic amines) is 1. The van der Waals surface area contributed by atoms with Crippen LogP contribution >= 0.6 is 11.3 Å². The van der Waals surface area contributed by atoms with Crippen LogP contribution in [-0.2, 0) is 19.5 Å². The van der Waals surface area contributed by atoms with Crippen molar-refractivity contribution in [2.24, 2.45) is 5.92 Å². The van der Waals surface area contributed by atoms with Gasteiger partial charge in [0.05, 0.1) is 12.2 Å². The van der Waals surface area contributed by atoms with Gasteiger partial charge in [-0.3, -0.25) is 4.90 Å². The summed E-state index contributed by atoms with van der Waals surface area (Å²) in [5, 5.41) is 4.76. The maximum Gasteiger partial charge on any atom is 0.107 e. The molecular formula is C16H29N3S. The van der Waals surface area contributed by atoms with E-state index in [1.807, 2.05) is 11.3 Å². The Hall–Kier alpha value is -0.450. The molecule has 0 aromatic carbocycles. The van der Waals surface area contributed by atoms with Crippen LogP contribution in [0.1, 0.15) is 55.6 Å². The largest absolute Gasteiger partial charge is 0.312 e. The Bertz CT molecular complexity index is 402. The number of aromatic nitrogens is 1. The Morgan fingerprint density at radius 3 is 2.95 bits per heavy atom. The van der Waals surface area contributed by atoms with Gasteiger partial charge in [-0.2, -0.15) is 0 Å². The van der Waals surface area contributed by atoms with Crippen molar-refractivity contribution in [3.63, 3.8) is 0 Å². The van der Waals surface area contributed by atoms with Crippen LogP contribution in [0.4, 0.5) is 0 Å². The van der Waals surface area contributed by atoms with E-state index in [0.29, 0.717) is 0 Å². The van der Waals surface area contributed by atoms with Crippen LogP contribution in [-0.4, -0.2) is 29.5 Å². The van der Waals surface area contributed by atoms with Crippen molar-refractivity contribution in [2.45, 2.75) is 59.5 Å². The van der Waals surface area contributed by atoms with Gasteiger partial charge >= 0.3 is 0 Å². The molecule has 3 nitrogen and oxygen atoms in total. The number of hydrogen-bond acceptors (Lipinski definition) is 4. The molecule has 1 aliphatic heterocycles. The quantitative estimate of drug-likeness (QED) is 0.835. The normalized spacial score (nSPS) is 20.4. The van der Waals surface area contributed by atoms with E-state index in [1.54, 1.807) is 0 Å². The van der Waals surface area contributed by atoms with E-state index < -0.39 is 0 Å². The van der Waals surface area contributed by atoms with Crippen molar-refractivity contribution in [2.75, 3.05) is 19.6 Å². The second kappa shape index (κ2) is 8.11. The first-order valence-electron chi connectivity index (χ1n) is 8.13. The molecular weight excluding hydrogens is 266 g/mol. The lowest BCUT2D eigenvalue weighted by molar-refractivity contribution is 0.176. The van der Waals surface area contributed by atoms with E-state index in [0.717, 1.165) is 32.0 Å². The van der Waals surface area contributed by atoms with Crippen molar-refractivity contribution < 1.29 is 0 Å². The molecule has 0 spiro atoms. The summed E-state index contributed by atoms with van der Waals surface area (Å²) >= 11 is 1.92. The molecule has 1 aromatic rings. The SMILES string of the molecule is CCCc1nc(CN2CCCC(C)C2)sc1CNCC. The summed E-state index contributed by atoms with van der Waals surface area (Å²) in [6.07, 6.45) is 5.04. The molecule has 2 heterocycles. The highest BCUT2D eigenvalue weighted by Crippen LogP contribution is 2.24. The smallest absolute Gasteiger partial charge is 0.107 e. The Balaban J connectivity index is 1.99. The second-order valence-corrected chi connectivity index (χ2v) is 7.16. The molecule has 1 aromatic heterocycles. The highest BCUT2D eigenvalue weighted by atomic mass is 32.1. The maximum atomic E-state index is 4.91. The van der Waals surface area contributed by atoms with Gasteiger partial charge in [0.25, 0.3) is 0 Å². The summed E-state index contributed by atoms with van der Waals surface area (Å²) in [6, 6.07) is 0. The van der Waals surface area contributed by atoms with Gasteiger partial charge in [0, 0.05) is 18.0 Å². The molecule has 114 valence electrons. The molecule has 0 amide bonds.